The highest BCUT2D eigenvalue weighted by Crippen LogP contribution is 2.66. The van der Waals surface area contributed by atoms with Gasteiger partial charge in [-0.2, -0.15) is 0 Å². The summed E-state index contributed by atoms with van der Waals surface area (Å²) in [6, 6.07) is 15.1. The Morgan fingerprint density at radius 1 is 0.656 bits per heavy atom. The number of hydrogen-bond donors (Lipinski definition) is 1. The molecule has 0 radical (unpaired) electrons. The first-order valence-corrected chi connectivity index (χ1v) is 13.8. The third kappa shape index (κ3) is 2.17. The molecule has 0 amide bonds. The van der Waals surface area contributed by atoms with Crippen LogP contribution in [0.2, 0.25) is 0 Å². The molecule has 2 aromatic carbocycles. The highest BCUT2D eigenvalue weighted by molar-refractivity contribution is 6.07. The van der Waals surface area contributed by atoms with E-state index in [4.69, 9.17) is 0 Å². The van der Waals surface area contributed by atoms with Crippen LogP contribution in [0, 0.1) is 41.4 Å². The van der Waals surface area contributed by atoms with Crippen molar-refractivity contribution in [3.63, 3.8) is 0 Å². The number of nitrogens with one attached hydrogen (secondary N) is 1. The molecule has 10 rings (SSSR count). The summed E-state index contributed by atoms with van der Waals surface area (Å²) in [6.07, 6.45) is 15.1. The molecule has 1 aromatic heterocycles. The Labute approximate surface area is 191 Å². The normalized spacial score (nSPS) is 45.6. The molecule has 1 N–H and O–H groups in total. The van der Waals surface area contributed by atoms with Crippen LogP contribution in [0.15, 0.2) is 36.4 Å². The Hall–Kier alpha value is -1.76. The maximum absolute atomic E-state index is 3.76. The lowest BCUT2D eigenvalue weighted by Crippen LogP contribution is -2.48. The largest absolute Gasteiger partial charge is 0.355 e. The fourth-order valence-corrected chi connectivity index (χ4v) is 11.0. The molecule has 1 heteroatoms. The van der Waals surface area contributed by atoms with Crippen molar-refractivity contribution in [2.24, 2.45) is 41.4 Å². The summed E-state index contributed by atoms with van der Waals surface area (Å²) < 4.78 is 0. The quantitative estimate of drug-likeness (QED) is 0.432. The zero-order valence-corrected chi connectivity index (χ0v) is 19.2. The van der Waals surface area contributed by atoms with Gasteiger partial charge in [0.2, 0.25) is 0 Å². The fourth-order valence-electron chi connectivity index (χ4n) is 11.0. The van der Waals surface area contributed by atoms with Crippen molar-refractivity contribution in [1.82, 2.24) is 4.98 Å². The maximum atomic E-state index is 3.76. The summed E-state index contributed by atoms with van der Waals surface area (Å²) in [5, 5.41) is 3.01. The van der Waals surface area contributed by atoms with E-state index in [1.807, 2.05) is 0 Å². The van der Waals surface area contributed by atoms with Crippen LogP contribution in [-0.2, 0) is 5.41 Å². The van der Waals surface area contributed by atoms with Gasteiger partial charge >= 0.3 is 0 Å². The van der Waals surface area contributed by atoms with E-state index in [-0.39, 0.29) is 0 Å². The first kappa shape index (κ1) is 17.7. The average Bonchev–Trinajstić information content (AvgIpc) is 3.08. The van der Waals surface area contributed by atoms with Gasteiger partial charge in [-0.25, -0.2) is 0 Å². The van der Waals surface area contributed by atoms with E-state index in [9.17, 15) is 0 Å². The summed E-state index contributed by atoms with van der Waals surface area (Å²) in [5.74, 6) is 7.98. The predicted octanol–water partition coefficient (Wildman–Crippen LogP) is 7.94. The van der Waals surface area contributed by atoms with Crippen molar-refractivity contribution in [3.05, 3.63) is 47.5 Å². The molecule has 0 spiro atoms. The van der Waals surface area contributed by atoms with Gasteiger partial charge in [0.1, 0.15) is 0 Å². The van der Waals surface area contributed by atoms with Crippen molar-refractivity contribution in [2.45, 2.75) is 75.5 Å². The van der Waals surface area contributed by atoms with Crippen LogP contribution >= 0.6 is 0 Å². The maximum Gasteiger partial charge on any atom is 0.0465 e. The van der Waals surface area contributed by atoms with Crippen LogP contribution in [-0.4, -0.2) is 4.98 Å². The minimum Gasteiger partial charge on any atom is -0.355 e. The summed E-state index contributed by atoms with van der Waals surface area (Å²) in [7, 11) is 0. The van der Waals surface area contributed by atoms with Crippen LogP contribution < -0.4 is 0 Å². The minimum absolute atomic E-state index is 0.494. The second-order valence-electron chi connectivity index (χ2n) is 13.3. The molecule has 3 aromatic rings. The van der Waals surface area contributed by atoms with Gasteiger partial charge in [0.05, 0.1) is 0 Å². The Bertz CT molecular complexity index is 1220. The molecule has 0 aliphatic heterocycles. The van der Waals surface area contributed by atoms with E-state index in [1.54, 1.807) is 17.5 Å². The molecule has 7 fully saturated rings. The van der Waals surface area contributed by atoms with E-state index in [2.05, 4.69) is 41.4 Å². The summed E-state index contributed by atoms with van der Waals surface area (Å²) in [5.41, 5.74) is 6.53. The SMILES string of the molecule is c1cc2[nH]c3ccc(C45CC6CC(CC(C6)C4)C5)cc3c2cc1C1C2CCC3CC(C2)C31. The van der Waals surface area contributed by atoms with Gasteiger partial charge in [0.15, 0.2) is 0 Å². The first-order valence-electron chi connectivity index (χ1n) is 13.8. The molecule has 5 unspecified atom stereocenters. The third-order valence-corrected chi connectivity index (χ3v) is 11.8. The van der Waals surface area contributed by atoms with Crippen molar-refractivity contribution in [1.29, 1.82) is 0 Å². The van der Waals surface area contributed by atoms with Crippen LogP contribution in [0.25, 0.3) is 21.8 Å². The molecule has 6 bridgehead atoms. The van der Waals surface area contributed by atoms with Crippen molar-refractivity contribution < 1.29 is 0 Å². The summed E-state index contributed by atoms with van der Waals surface area (Å²) >= 11 is 0. The summed E-state index contributed by atoms with van der Waals surface area (Å²) in [4.78, 5) is 3.76. The van der Waals surface area contributed by atoms with Crippen molar-refractivity contribution >= 4 is 21.8 Å². The molecule has 0 saturated heterocycles. The van der Waals surface area contributed by atoms with Crippen LogP contribution in [0.3, 0.4) is 0 Å². The number of H-pyrrole nitrogens is 1. The number of rotatable bonds is 2. The van der Waals surface area contributed by atoms with E-state index in [1.165, 1.54) is 79.6 Å². The zero-order valence-electron chi connectivity index (χ0n) is 19.2. The van der Waals surface area contributed by atoms with Gasteiger partial charge in [0.25, 0.3) is 0 Å². The Kier molecular flexibility index (Phi) is 3.22. The van der Waals surface area contributed by atoms with E-state index in [0.29, 0.717) is 5.41 Å². The second-order valence-corrected chi connectivity index (χ2v) is 13.3. The van der Waals surface area contributed by atoms with Crippen molar-refractivity contribution in [3.8, 4) is 0 Å². The Morgan fingerprint density at radius 2 is 1.31 bits per heavy atom. The molecular weight excluding hydrogens is 386 g/mol. The van der Waals surface area contributed by atoms with Gasteiger partial charge in [-0.15, -0.1) is 0 Å². The second kappa shape index (κ2) is 5.83. The van der Waals surface area contributed by atoms with Gasteiger partial charge in [-0.05, 0) is 152 Å². The smallest absolute Gasteiger partial charge is 0.0465 e. The molecule has 7 saturated carbocycles. The first-order chi connectivity index (χ1) is 15.7. The van der Waals surface area contributed by atoms with E-state index >= 15 is 0 Å². The van der Waals surface area contributed by atoms with Crippen LogP contribution in [0.5, 0.6) is 0 Å². The molecule has 32 heavy (non-hydrogen) atoms. The third-order valence-electron chi connectivity index (χ3n) is 11.8. The van der Waals surface area contributed by atoms with E-state index in [0.717, 1.165) is 47.3 Å². The molecule has 164 valence electrons. The van der Waals surface area contributed by atoms with Gasteiger partial charge in [-0.1, -0.05) is 12.1 Å². The standard InChI is InChI=1S/C31H35N/c1-2-21-11-23-10-20(1)29(30(21)23)22-3-5-27-25(12-22)26-13-24(4-6-28(26)32-27)31-14-17-7-18(15-31)9-19(8-17)16-31/h3-6,12-13,17-21,23,29-30,32H,1-2,7-11,14-16H2. The molecular formula is C31H35N. The monoisotopic (exact) mass is 421 g/mol. The molecule has 5 atom stereocenters. The van der Waals surface area contributed by atoms with Gasteiger partial charge < -0.3 is 4.98 Å². The Balaban J connectivity index is 1.17. The van der Waals surface area contributed by atoms with Crippen LogP contribution in [0.1, 0.15) is 81.3 Å². The molecule has 1 nitrogen and oxygen atoms in total. The predicted molar refractivity (Wildman–Crippen MR) is 131 cm³/mol. The van der Waals surface area contributed by atoms with Gasteiger partial charge in [0, 0.05) is 21.8 Å². The topological polar surface area (TPSA) is 15.8 Å². The fraction of sp³-hybridized carbons (Fsp3) is 0.613. The highest BCUT2D eigenvalue weighted by atomic mass is 14.7. The number of aromatic nitrogens is 1. The minimum atomic E-state index is 0.494. The lowest BCUT2D eigenvalue weighted by atomic mass is 9.48. The highest BCUT2D eigenvalue weighted by Gasteiger charge is 2.56. The lowest BCUT2D eigenvalue weighted by Gasteiger charge is -2.57. The Morgan fingerprint density at radius 3 is 2.09 bits per heavy atom. The van der Waals surface area contributed by atoms with E-state index < -0.39 is 0 Å². The molecule has 7 aliphatic rings. The number of fused-ring (bicyclic) bond motifs is 4. The lowest BCUT2D eigenvalue weighted by molar-refractivity contribution is -0.00512. The molecule has 7 aliphatic carbocycles. The summed E-state index contributed by atoms with van der Waals surface area (Å²) in [6.45, 7) is 0. The van der Waals surface area contributed by atoms with Crippen LogP contribution in [0.4, 0.5) is 0 Å². The molecule has 1 heterocycles. The van der Waals surface area contributed by atoms with Crippen molar-refractivity contribution in [2.75, 3.05) is 0 Å². The zero-order chi connectivity index (χ0) is 20.6. The number of hydrogen-bond acceptors (Lipinski definition) is 0. The number of aromatic amines is 1. The van der Waals surface area contributed by atoms with Gasteiger partial charge in [-0.3, -0.25) is 0 Å². The number of benzene rings is 2. The average molecular weight is 422 g/mol.